The summed E-state index contributed by atoms with van der Waals surface area (Å²) in [5.74, 6) is -1.05. The van der Waals surface area contributed by atoms with E-state index in [2.05, 4.69) is 23.5 Å². The van der Waals surface area contributed by atoms with Crippen molar-refractivity contribution < 1.29 is 29.4 Å². The summed E-state index contributed by atoms with van der Waals surface area (Å²) < 4.78 is 0. The minimum atomic E-state index is -1.46. The third-order valence-corrected chi connectivity index (χ3v) is 19.6. The fraction of sp³-hybridized carbons (Fsp3) is 0.484. The Bertz CT molecular complexity index is 1740. The molecule has 2 aromatic carbocycles. The maximum atomic E-state index is 14.7. The first-order valence-corrected chi connectivity index (χ1v) is 19.5. The Kier molecular flexibility index (Phi) is 5.16. The number of carbonyl (C=O) groups is 4. The number of rotatable bonds is 3. The number of carbonyl (C=O) groups excluding carboxylic acids is 4. The Balaban J connectivity index is 1.29. The lowest BCUT2D eigenvalue weighted by Gasteiger charge is -2.58. The number of aliphatic hydroxyl groups is 2. The summed E-state index contributed by atoms with van der Waals surface area (Å²) in [4.78, 5) is 59.5. The van der Waals surface area contributed by atoms with Crippen LogP contribution in [0.4, 0.5) is 5.69 Å². The molecule has 10 aliphatic rings. The monoisotopic (exact) mass is 695 g/mol. The average molecular weight is 696 g/mol. The first-order valence-electron chi connectivity index (χ1n) is 15.2. The minimum Gasteiger partial charge on any atom is -0.392 e. The van der Waals surface area contributed by atoms with Crippen LogP contribution in [0.15, 0.2) is 48.5 Å². The van der Waals surface area contributed by atoms with E-state index in [9.17, 15) is 29.4 Å². The maximum absolute atomic E-state index is 14.7. The largest absolute Gasteiger partial charge is 0.392 e. The van der Waals surface area contributed by atoms with Crippen LogP contribution in [-0.4, -0.2) is 112 Å². The fourth-order valence-electron chi connectivity index (χ4n) is 10.4. The number of hydrogen-bond donors (Lipinski definition) is 3. The van der Waals surface area contributed by atoms with Gasteiger partial charge in [-0.1, -0.05) is 64.1 Å². The van der Waals surface area contributed by atoms with Crippen molar-refractivity contribution in [2.24, 2.45) is 0 Å². The van der Waals surface area contributed by atoms with Gasteiger partial charge in [-0.3, -0.25) is 24.1 Å². The molecule has 238 valence electrons. The van der Waals surface area contributed by atoms with Crippen LogP contribution in [-0.2, 0) is 36.4 Å². The van der Waals surface area contributed by atoms with Gasteiger partial charge in [0.05, 0.1) is 18.6 Å². The highest BCUT2D eigenvalue weighted by Gasteiger charge is 2.87. The summed E-state index contributed by atoms with van der Waals surface area (Å²) >= 11 is 0. The maximum Gasteiger partial charge on any atom is 0.265 e. The number of likely N-dealkylation sites (N-methyl/N-ethyl adjacent to an activating group) is 2. The van der Waals surface area contributed by atoms with Gasteiger partial charge in [-0.15, -0.1) is 0 Å². The predicted octanol–water partition coefficient (Wildman–Crippen LogP) is 1.51. The molecule has 2 unspecified atom stereocenters. The molecule has 46 heavy (non-hydrogen) atoms. The number of fused-ring (bicyclic) bond motifs is 11. The molecule has 0 aromatic heterocycles. The van der Waals surface area contributed by atoms with Crippen molar-refractivity contribution in [1.29, 1.82) is 0 Å². The highest BCUT2D eigenvalue weighted by molar-refractivity contribution is 8.78. The summed E-state index contributed by atoms with van der Waals surface area (Å²) in [5.41, 5.74) is 2.05. The molecule has 9 heterocycles. The van der Waals surface area contributed by atoms with Gasteiger partial charge in [0.15, 0.2) is 9.74 Å². The van der Waals surface area contributed by atoms with Crippen LogP contribution < -0.4 is 5.32 Å². The summed E-state index contributed by atoms with van der Waals surface area (Å²) in [6.45, 7) is -1.03. The third-order valence-electron chi connectivity index (χ3n) is 12.4. The zero-order chi connectivity index (χ0) is 31.8. The first-order chi connectivity index (χ1) is 22.1. The molecular weight excluding hydrogens is 667 g/mol. The van der Waals surface area contributed by atoms with Gasteiger partial charge in [0.2, 0.25) is 9.74 Å². The first kappa shape index (κ1) is 28.5. The second-order valence-electron chi connectivity index (χ2n) is 13.6. The van der Waals surface area contributed by atoms with Crippen molar-refractivity contribution in [3.05, 3.63) is 65.2 Å². The molecule has 2 spiro atoms. The lowest BCUT2D eigenvalue weighted by atomic mass is 9.53. The number of nitrogens with zero attached hydrogens (tertiary/aromatic N) is 4. The van der Waals surface area contributed by atoms with Crippen LogP contribution in [0.2, 0.25) is 0 Å². The lowest BCUT2D eigenvalue weighted by molar-refractivity contribution is -0.167. The average Bonchev–Trinajstić information content (AvgIpc) is 3.75. The summed E-state index contributed by atoms with van der Waals surface area (Å²) in [6.07, 6.45) is 0.360. The summed E-state index contributed by atoms with van der Waals surface area (Å²) in [6, 6.07) is 15.6. The molecule has 0 radical (unpaired) electrons. The van der Waals surface area contributed by atoms with E-state index in [-0.39, 0.29) is 36.5 Å². The van der Waals surface area contributed by atoms with E-state index in [1.54, 1.807) is 23.9 Å². The number of benzene rings is 2. The molecular formula is C31H29N5O6S4. The number of amides is 4. The second kappa shape index (κ2) is 8.35. The van der Waals surface area contributed by atoms with Crippen molar-refractivity contribution in [1.82, 2.24) is 19.6 Å². The molecule has 11 nitrogen and oxygen atoms in total. The second-order valence-corrected chi connectivity index (χ2v) is 19.0. The van der Waals surface area contributed by atoms with Gasteiger partial charge >= 0.3 is 0 Å². The van der Waals surface area contributed by atoms with Gasteiger partial charge in [0, 0.05) is 44.1 Å². The molecule has 8 atom stereocenters. The number of hydrogen-bond acceptors (Lipinski definition) is 11. The lowest BCUT2D eigenvalue weighted by Crippen LogP contribution is -2.77. The highest BCUT2D eigenvalue weighted by atomic mass is 33.1. The van der Waals surface area contributed by atoms with Gasteiger partial charge < -0.3 is 30.2 Å². The normalized spacial score (nSPS) is 43.9. The van der Waals surface area contributed by atoms with E-state index in [0.717, 1.165) is 22.4 Å². The Hall–Kier alpha value is -2.56. The van der Waals surface area contributed by atoms with Crippen LogP contribution in [0.5, 0.6) is 0 Å². The van der Waals surface area contributed by atoms with Crippen LogP contribution in [0.25, 0.3) is 0 Å². The predicted molar refractivity (Wildman–Crippen MR) is 175 cm³/mol. The number of para-hydroxylation sites is 1. The third kappa shape index (κ3) is 2.51. The van der Waals surface area contributed by atoms with E-state index < -0.39 is 55.7 Å². The summed E-state index contributed by atoms with van der Waals surface area (Å²) in [7, 11) is 8.41. The number of aliphatic hydroxyl groups excluding tert-OH is 2. The molecule has 1 aliphatic carbocycles. The molecule has 15 heteroatoms. The van der Waals surface area contributed by atoms with Crippen LogP contribution in [0, 0.1) is 0 Å². The Labute approximate surface area is 279 Å². The molecule has 4 bridgehead atoms. The molecule has 4 amide bonds. The van der Waals surface area contributed by atoms with E-state index >= 15 is 0 Å². The molecule has 8 saturated heterocycles. The van der Waals surface area contributed by atoms with E-state index in [1.165, 1.54) is 53.0 Å². The van der Waals surface area contributed by atoms with Gasteiger partial charge in [-0.2, -0.15) is 0 Å². The Morgan fingerprint density at radius 1 is 0.717 bits per heavy atom. The number of nitrogens with one attached hydrogen (secondary N) is 1. The molecule has 3 N–H and O–H groups in total. The highest BCUT2D eigenvalue weighted by Crippen LogP contribution is 2.78. The van der Waals surface area contributed by atoms with Gasteiger partial charge in [0.25, 0.3) is 23.6 Å². The quantitative estimate of drug-likeness (QED) is 0.404. The topological polar surface area (TPSA) is 134 Å². The zero-order valence-electron chi connectivity index (χ0n) is 24.8. The van der Waals surface area contributed by atoms with E-state index in [1.807, 2.05) is 30.3 Å². The molecule has 9 aliphatic heterocycles. The summed E-state index contributed by atoms with van der Waals surface area (Å²) in [5, 5.41) is 25.0. The van der Waals surface area contributed by atoms with Crippen LogP contribution >= 0.6 is 43.2 Å². The number of piperazine rings is 2. The van der Waals surface area contributed by atoms with Crippen LogP contribution in [0.3, 0.4) is 0 Å². The van der Waals surface area contributed by atoms with Crippen molar-refractivity contribution in [2.45, 2.75) is 61.8 Å². The van der Waals surface area contributed by atoms with Gasteiger partial charge in [0.1, 0.15) is 6.17 Å². The number of anilines is 1. The minimum absolute atomic E-state index is 0.214. The van der Waals surface area contributed by atoms with E-state index in [4.69, 9.17) is 0 Å². The zero-order valence-corrected chi connectivity index (χ0v) is 28.0. The van der Waals surface area contributed by atoms with Gasteiger partial charge in [-0.05, 0) is 50.8 Å². The van der Waals surface area contributed by atoms with Crippen molar-refractivity contribution in [3.63, 3.8) is 0 Å². The fourth-order valence-corrected chi connectivity index (χ4v) is 17.6. The van der Waals surface area contributed by atoms with Crippen molar-refractivity contribution in [3.8, 4) is 0 Å². The van der Waals surface area contributed by atoms with Crippen molar-refractivity contribution >= 4 is 72.5 Å². The molecule has 0 saturated carbocycles. The molecule has 8 fully saturated rings. The van der Waals surface area contributed by atoms with Crippen LogP contribution in [0.1, 0.15) is 29.5 Å². The smallest absolute Gasteiger partial charge is 0.265 e. The van der Waals surface area contributed by atoms with Crippen molar-refractivity contribution in [2.75, 3.05) is 32.6 Å². The SMILES string of the molecule is CN1C(=O)C23C[C@]4([C@]56CC78SS[C@@](CO)(C(=O)N7[C@H]5Nc5ccccc56)N(C)C8=O)c5ccccc5C[C@@H]4N2C(=O)[C@]1(CO)SS3. The Morgan fingerprint density at radius 3 is 1.91 bits per heavy atom. The van der Waals surface area contributed by atoms with Gasteiger partial charge in [-0.25, -0.2) is 0 Å². The van der Waals surface area contributed by atoms with E-state index in [0.29, 0.717) is 6.42 Å². The standard InChI is InChI=1S/C31H29N5O6S4/c1-33-22(39)28-12-26(17-8-4-3-7-16(17)11-20(26)35(28)24(41)30(33,14-37)45-43-28)27-13-29-23(40)34(2)31(15-38,46-44-29)25(42)36(29)21(27)32-19-10-6-5-9-18(19)27/h3-10,20-21,32,37-38H,11-15H2,1-2H3/t20-,21+,26-,27-,28?,29?,30-,31-/m0/s1. The Morgan fingerprint density at radius 2 is 1.26 bits per heavy atom. The molecule has 12 rings (SSSR count). The molecule has 2 aromatic rings.